The summed E-state index contributed by atoms with van der Waals surface area (Å²) in [7, 11) is 10.5. The van der Waals surface area contributed by atoms with Crippen molar-refractivity contribution in [1.82, 2.24) is 10.2 Å². The van der Waals surface area contributed by atoms with E-state index < -0.39 is 0 Å². The maximum atomic E-state index is 5.70. The summed E-state index contributed by atoms with van der Waals surface area (Å²) in [4.78, 5) is 2.41. The Morgan fingerprint density at radius 3 is 1.87 bits per heavy atom. The lowest BCUT2D eigenvalue weighted by Gasteiger charge is -2.40. The van der Waals surface area contributed by atoms with E-state index in [2.05, 4.69) is 62.3 Å². The van der Waals surface area contributed by atoms with Crippen LogP contribution in [0.3, 0.4) is 0 Å². The molecule has 0 saturated heterocycles. The zero-order valence-electron chi connectivity index (χ0n) is 25.2. The lowest BCUT2D eigenvalue weighted by atomic mass is 9.68. The number of halogens is 2. The number of hydrogen-bond donors (Lipinski definition) is 1. The number of rotatable bonds is 17. The van der Waals surface area contributed by atoms with Crippen LogP contribution in [0.4, 0.5) is 0 Å². The highest BCUT2D eigenvalue weighted by atomic mass is 35.5. The normalized spacial score (nSPS) is 12.3. The first-order valence-corrected chi connectivity index (χ1v) is 13.2. The van der Waals surface area contributed by atoms with E-state index in [4.69, 9.17) is 23.7 Å². The molecule has 1 atom stereocenters. The third-order valence-corrected chi connectivity index (χ3v) is 7.43. The molecular weight excluding hydrogens is 539 g/mol. The highest BCUT2D eigenvalue weighted by Crippen LogP contribution is 2.45. The Kier molecular flexibility index (Phi) is 17.4. The van der Waals surface area contributed by atoms with Gasteiger partial charge in [-0.25, -0.2) is 0 Å². The van der Waals surface area contributed by atoms with Crippen LogP contribution in [0.1, 0.15) is 44.7 Å². The van der Waals surface area contributed by atoms with Gasteiger partial charge in [-0.1, -0.05) is 26.8 Å². The Bertz CT molecular complexity index is 951. The molecule has 0 bridgehead atoms. The van der Waals surface area contributed by atoms with E-state index in [1.807, 2.05) is 6.07 Å². The molecule has 0 aliphatic rings. The van der Waals surface area contributed by atoms with Crippen LogP contribution in [0.5, 0.6) is 28.7 Å². The predicted octanol–water partition coefficient (Wildman–Crippen LogP) is 6.03. The van der Waals surface area contributed by atoms with Crippen molar-refractivity contribution in [2.45, 2.75) is 45.4 Å². The van der Waals surface area contributed by atoms with Crippen molar-refractivity contribution in [3.8, 4) is 28.7 Å². The topological polar surface area (TPSA) is 61.4 Å². The summed E-state index contributed by atoms with van der Waals surface area (Å²) in [6.45, 7) is 10.6. The second kappa shape index (κ2) is 18.3. The molecule has 0 spiro atoms. The standard InChI is InChI=1S/C30H48N2O5.2ClH/c1-10-31-21-30(22(2)3,24-19-27(35-7)29(37-9)28(20-24)36-8)15-11-16-32(4)17-14-23-12-13-25(33-5)26(18-23)34-6;;/h12-13,18-20,22,31H,10-11,14-17,21H2,1-9H3;2*1H. The van der Waals surface area contributed by atoms with E-state index in [1.54, 1.807) is 35.5 Å². The molecule has 0 aromatic heterocycles. The van der Waals surface area contributed by atoms with Crippen LogP contribution in [0.15, 0.2) is 30.3 Å². The van der Waals surface area contributed by atoms with Gasteiger partial charge in [0.1, 0.15) is 0 Å². The molecule has 1 N–H and O–H groups in total. The van der Waals surface area contributed by atoms with Crippen molar-refractivity contribution in [1.29, 1.82) is 0 Å². The lowest BCUT2D eigenvalue weighted by molar-refractivity contribution is 0.240. The third kappa shape index (κ3) is 9.52. The van der Waals surface area contributed by atoms with E-state index >= 15 is 0 Å². The SMILES string of the molecule is CCNCC(CCCN(C)CCc1ccc(OC)c(OC)c1)(c1cc(OC)c(OC)c(OC)c1)C(C)C.Cl.Cl. The minimum atomic E-state index is -0.0764. The number of ether oxygens (including phenoxy) is 5. The fraction of sp³-hybridized carbons (Fsp3) is 0.600. The summed E-state index contributed by atoms with van der Waals surface area (Å²) in [5.41, 5.74) is 2.38. The zero-order chi connectivity index (χ0) is 27.4. The zero-order valence-corrected chi connectivity index (χ0v) is 26.9. The summed E-state index contributed by atoms with van der Waals surface area (Å²) in [6, 6.07) is 10.4. The quantitative estimate of drug-likeness (QED) is 0.242. The predicted molar refractivity (Wildman–Crippen MR) is 166 cm³/mol. The van der Waals surface area contributed by atoms with Gasteiger partial charge in [-0.3, -0.25) is 0 Å². The third-order valence-electron chi connectivity index (χ3n) is 7.43. The molecule has 2 rings (SSSR count). The molecule has 7 nitrogen and oxygen atoms in total. The van der Waals surface area contributed by atoms with Crippen molar-refractivity contribution >= 4 is 24.8 Å². The fourth-order valence-corrected chi connectivity index (χ4v) is 5.01. The van der Waals surface area contributed by atoms with Gasteiger partial charge in [0.25, 0.3) is 0 Å². The molecule has 0 heterocycles. The average molecular weight is 590 g/mol. The van der Waals surface area contributed by atoms with Gasteiger partial charge < -0.3 is 33.9 Å². The van der Waals surface area contributed by atoms with Crippen LogP contribution < -0.4 is 29.0 Å². The molecule has 0 aliphatic heterocycles. The van der Waals surface area contributed by atoms with E-state index in [0.29, 0.717) is 23.2 Å². The van der Waals surface area contributed by atoms with Crippen molar-refractivity contribution in [3.05, 3.63) is 41.5 Å². The summed E-state index contributed by atoms with van der Waals surface area (Å²) >= 11 is 0. The molecule has 2 aromatic rings. The van der Waals surface area contributed by atoms with Crippen molar-refractivity contribution in [3.63, 3.8) is 0 Å². The van der Waals surface area contributed by atoms with E-state index in [0.717, 1.165) is 56.9 Å². The fourth-order valence-electron chi connectivity index (χ4n) is 5.01. The van der Waals surface area contributed by atoms with E-state index in [1.165, 1.54) is 11.1 Å². The first-order chi connectivity index (χ1) is 17.8. The molecule has 0 saturated carbocycles. The molecule has 2 aromatic carbocycles. The second-order valence-corrected chi connectivity index (χ2v) is 9.85. The van der Waals surface area contributed by atoms with Crippen LogP contribution in [0, 0.1) is 5.92 Å². The molecular formula is C30H50Cl2N2O5. The summed E-state index contributed by atoms with van der Waals surface area (Å²) in [5.74, 6) is 3.97. The Morgan fingerprint density at radius 2 is 1.38 bits per heavy atom. The number of likely N-dealkylation sites (N-methyl/N-ethyl adjacent to an activating group) is 2. The van der Waals surface area contributed by atoms with Crippen molar-refractivity contribution in [2.24, 2.45) is 5.92 Å². The summed E-state index contributed by atoms with van der Waals surface area (Å²) < 4.78 is 27.8. The minimum absolute atomic E-state index is 0. The molecule has 0 fully saturated rings. The smallest absolute Gasteiger partial charge is 0.203 e. The number of benzene rings is 2. The van der Waals surface area contributed by atoms with Crippen molar-refractivity contribution in [2.75, 3.05) is 68.8 Å². The highest BCUT2D eigenvalue weighted by Gasteiger charge is 2.36. The molecule has 0 radical (unpaired) electrons. The second-order valence-electron chi connectivity index (χ2n) is 9.85. The molecule has 9 heteroatoms. The average Bonchev–Trinajstić information content (AvgIpc) is 2.92. The Balaban J connectivity index is 0.00000722. The number of nitrogens with one attached hydrogen (secondary N) is 1. The van der Waals surface area contributed by atoms with Gasteiger partial charge in [0.15, 0.2) is 23.0 Å². The highest BCUT2D eigenvalue weighted by molar-refractivity contribution is 5.85. The largest absolute Gasteiger partial charge is 0.493 e. The molecule has 39 heavy (non-hydrogen) atoms. The number of nitrogens with zero attached hydrogens (tertiary/aromatic N) is 1. The van der Waals surface area contributed by atoms with Crippen LogP contribution in [0.2, 0.25) is 0 Å². The Morgan fingerprint density at radius 1 is 0.795 bits per heavy atom. The van der Waals surface area contributed by atoms with Gasteiger partial charge in [-0.15, -0.1) is 24.8 Å². The van der Waals surface area contributed by atoms with Gasteiger partial charge in [0.2, 0.25) is 5.75 Å². The molecule has 1 unspecified atom stereocenters. The maximum absolute atomic E-state index is 5.70. The Hall–Kier alpha value is -2.06. The maximum Gasteiger partial charge on any atom is 0.203 e. The van der Waals surface area contributed by atoms with Gasteiger partial charge >= 0.3 is 0 Å². The molecule has 0 amide bonds. The first-order valence-electron chi connectivity index (χ1n) is 13.2. The summed E-state index contributed by atoms with van der Waals surface area (Å²) in [5, 5.41) is 3.63. The minimum Gasteiger partial charge on any atom is -0.493 e. The lowest BCUT2D eigenvalue weighted by Crippen LogP contribution is -2.43. The van der Waals surface area contributed by atoms with E-state index in [-0.39, 0.29) is 30.2 Å². The molecule has 224 valence electrons. The van der Waals surface area contributed by atoms with Crippen LogP contribution >= 0.6 is 24.8 Å². The summed E-state index contributed by atoms with van der Waals surface area (Å²) in [6.07, 6.45) is 3.07. The van der Waals surface area contributed by atoms with Gasteiger partial charge in [0.05, 0.1) is 35.5 Å². The van der Waals surface area contributed by atoms with Crippen LogP contribution in [-0.2, 0) is 11.8 Å². The van der Waals surface area contributed by atoms with E-state index in [9.17, 15) is 0 Å². The monoisotopic (exact) mass is 588 g/mol. The van der Waals surface area contributed by atoms with Gasteiger partial charge in [-0.2, -0.15) is 0 Å². The van der Waals surface area contributed by atoms with Gasteiger partial charge in [-0.05, 0) is 80.7 Å². The molecule has 0 aliphatic carbocycles. The Labute approximate surface area is 248 Å². The van der Waals surface area contributed by atoms with Crippen LogP contribution in [0.25, 0.3) is 0 Å². The van der Waals surface area contributed by atoms with Gasteiger partial charge in [0, 0.05) is 18.5 Å². The van der Waals surface area contributed by atoms with Crippen molar-refractivity contribution < 1.29 is 23.7 Å². The first kappa shape index (κ1) is 36.9. The number of methoxy groups -OCH3 is 5. The number of hydrogen-bond acceptors (Lipinski definition) is 7. The van der Waals surface area contributed by atoms with Crippen LogP contribution in [-0.4, -0.2) is 73.7 Å².